The number of carbonyl (C=O) groups is 1. The summed E-state index contributed by atoms with van der Waals surface area (Å²) in [5.74, 6) is -0.836. The lowest BCUT2D eigenvalue weighted by Gasteiger charge is -2.07. The van der Waals surface area contributed by atoms with Gasteiger partial charge in [-0.3, -0.25) is 15.2 Å². The number of nitrogens with zero attached hydrogens (tertiary/aromatic N) is 1. The molecule has 3 aromatic rings. The van der Waals surface area contributed by atoms with Gasteiger partial charge in [-0.2, -0.15) is 13.2 Å². The van der Waals surface area contributed by atoms with Crippen molar-refractivity contribution in [3.8, 4) is 0 Å². The number of nitrogens with one attached hydrogen (secondary N) is 2. The van der Waals surface area contributed by atoms with Crippen LogP contribution in [-0.4, -0.2) is 19.3 Å². The maximum atomic E-state index is 12.7. The molecular formula is C15H9ClF3N3O3S2. The third-order valence-electron chi connectivity index (χ3n) is 3.33. The van der Waals surface area contributed by atoms with Crippen LogP contribution in [0.1, 0.15) is 15.2 Å². The van der Waals surface area contributed by atoms with E-state index in [0.29, 0.717) is 6.20 Å². The van der Waals surface area contributed by atoms with Gasteiger partial charge in [-0.15, -0.1) is 16.2 Å². The number of pyridine rings is 1. The minimum absolute atomic E-state index is 0.00869. The van der Waals surface area contributed by atoms with E-state index in [1.54, 1.807) is 0 Å². The first kappa shape index (κ1) is 19.5. The summed E-state index contributed by atoms with van der Waals surface area (Å²) in [7, 11) is -4.07. The van der Waals surface area contributed by atoms with E-state index >= 15 is 0 Å². The van der Waals surface area contributed by atoms with Crippen LogP contribution in [0.5, 0.6) is 0 Å². The van der Waals surface area contributed by atoms with Crippen molar-refractivity contribution < 1.29 is 26.4 Å². The fourth-order valence-corrected chi connectivity index (χ4v) is 4.15. The zero-order valence-electron chi connectivity index (χ0n) is 13.0. The number of aromatic nitrogens is 1. The Kier molecular flexibility index (Phi) is 5.12. The van der Waals surface area contributed by atoms with Crippen molar-refractivity contribution in [3.05, 3.63) is 58.1 Å². The Morgan fingerprint density at radius 1 is 1.19 bits per heavy atom. The monoisotopic (exact) mass is 435 g/mol. The van der Waals surface area contributed by atoms with Crippen molar-refractivity contribution in [1.29, 1.82) is 0 Å². The highest BCUT2D eigenvalue weighted by Gasteiger charge is 2.31. The van der Waals surface area contributed by atoms with Crippen LogP contribution in [0, 0.1) is 0 Å². The van der Waals surface area contributed by atoms with E-state index in [2.05, 4.69) is 4.98 Å². The number of hydrogen-bond donors (Lipinski definition) is 2. The van der Waals surface area contributed by atoms with Crippen LogP contribution in [0.4, 0.5) is 13.2 Å². The largest absolute Gasteiger partial charge is 0.417 e. The van der Waals surface area contributed by atoms with Gasteiger partial charge in [-0.1, -0.05) is 17.7 Å². The van der Waals surface area contributed by atoms with Crippen molar-refractivity contribution in [1.82, 2.24) is 15.2 Å². The molecular weight excluding hydrogens is 427 g/mol. The van der Waals surface area contributed by atoms with Gasteiger partial charge < -0.3 is 0 Å². The van der Waals surface area contributed by atoms with Crippen LogP contribution < -0.4 is 10.3 Å². The molecule has 2 N–H and O–H groups in total. The van der Waals surface area contributed by atoms with E-state index in [-0.39, 0.29) is 25.0 Å². The molecule has 0 bridgehead atoms. The van der Waals surface area contributed by atoms with Crippen molar-refractivity contribution >= 4 is 49.1 Å². The fraction of sp³-hybridized carbons (Fsp3) is 0.0667. The number of carbonyl (C=O) groups excluding carboxylic acids is 1. The number of amides is 1. The third-order valence-corrected chi connectivity index (χ3v) is 5.88. The van der Waals surface area contributed by atoms with Crippen LogP contribution in [0.3, 0.4) is 0 Å². The van der Waals surface area contributed by atoms with Crippen LogP contribution >= 0.6 is 22.9 Å². The number of rotatable bonds is 4. The quantitative estimate of drug-likeness (QED) is 0.613. The van der Waals surface area contributed by atoms with E-state index in [0.717, 1.165) is 17.4 Å². The second-order valence-corrected chi connectivity index (χ2v) is 8.44. The first-order valence-corrected chi connectivity index (χ1v) is 9.78. The highest BCUT2D eigenvalue weighted by molar-refractivity contribution is 7.89. The summed E-state index contributed by atoms with van der Waals surface area (Å²) >= 11 is 6.49. The SMILES string of the molecule is O=C(NNS(=O)(=O)c1cccc(Cl)c1)c1cc2ncc(C(F)(F)F)cc2s1. The Balaban J connectivity index is 1.78. The van der Waals surface area contributed by atoms with Gasteiger partial charge >= 0.3 is 6.18 Å². The lowest BCUT2D eigenvalue weighted by molar-refractivity contribution is -0.137. The van der Waals surface area contributed by atoms with Crippen molar-refractivity contribution in [2.24, 2.45) is 0 Å². The summed E-state index contributed by atoms with van der Waals surface area (Å²) in [5, 5.41) is 0.195. The number of fused-ring (bicyclic) bond motifs is 1. The minimum atomic E-state index is -4.56. The molecule has 0 aliphatic carbocycles. The molecule has 1 amide bonds. The predicted molar refractivity (Wildman–Crippen MR) is 93.9 cm³/mol. The summed E-state index contributed by atoms with van der Waals surface area (Å²) < 4.78 is 62.6. The topological polar surface area (TPSA) is 88.2 Å². The van der Waals surface area contributed by atoms with Crippen LogP contribution in [-0.2, 0) is 16.2 Å². The van der Waals surface area contributed by atoms with Crippen molar-refractivity contribution in [2.45, 2.75) is 11.1 Å². The molecule has 0 radical (unpaired) electrons. The molecule has 3 rings (SSSR count). The Hall–Kier alpha value is -2.21. The zero-order chi connectivity index (χ0) is 19.8. The second kappa shape index (κ2) is 7.08. The van der Waals surface area contributed by atoms with Gasteiger partial charge in [0.1, 0.15) is 0 Å². The number of hydrazine groups is 1. The Morgan fingerprint density at radius 3 is 2.59 bits per heavy atom. The van der Waals surface area contributed by atoms with Gasteiger partial charge in [0, 0.05) is 11.2 Å². The highest BCUT2D eigenvalue weighted by Crippen LogP contribution is 2.33. The van der Waals surface area contributed by atoms with Gasteiger partial charge in [0.15, 0.2) is 0 Å². The number of hydrogen-bond acceptors (Lipinski definition) is 5. The number of halogens is 4. The Bertz CT molecular complexity index is 1130. The zero-order valence-corrected chi connectivity index (χ0v) is 15.4. The molecule has 2 heterocycles. The lowest BCUT2D eigenvalue weighted by atomic mass is 10.2. The Labute approximate surface area is 160 Å². The molecule has 6 nitrogen and oxygen atoms in total. The molecule has 27 heavy (non-hydrogen) atoms. The van der Waals surface area contributed by atoms with Gasteiger partial charge in [0.2, 0.25) is 0 Å². The smallest absolute Gasteiger partial charge is 0.273 e. The molecule has 1 aromatic carbocycles. The third kappa shape index (κ3) is 4.38. The summed E-state index contributed by atoms with van der Waals surface area (Å²) in [6.45, 7) is 0. The van der Waals surface area contributed by atoms with E-state index in [9.17, 15) is 26.4 Å². The Morgan fingerprint density at radius 2 is 1.93 bits per heavy atom. The molecule has 142 valence electrons. The number of thiophene rings is 1. The molecule has 0 unspecified atom stereocenters. The van der Waals surface area contributed by atoms with Gasteiger partial charge in [-0.25, -0.2) is 8.42 Å². The van der Waals surface area contributed by atoms with E-state index in [1.807, 2.05) is 10.3 Å². The van der Waals surface area contributed by atoms with Crippen LogP contribution in [0.25, 0.3) is 10.2 Å². The maximum absolute atomic E-state index is 12.7. The highest BCUT2D eigenvalue weighted by atomic mass is 35.5. The minimum Gasteiger partial charge on any atom is -0.273 e. The maximum Gasteiger partial charge on any atom is 0.417 e. The summed E-state index contributed by atoms with van der Waals surface area (Å²) in [6.07, 6.45) is -3.89. The summed E-state index contributed by atoms with van der Waals surface area (Å²) in [6, 6.07) is 7.52. The van der Waals surface area contributed by atoms with Crippen molar-refractivity contribution in [2.75, 3.05) is 0 Å². The average molecular weight is 436 g/mol. The van der Waals surface area contributed by atoms with E-state index < -0.39 is 27.7 Å². The number of sulfonamides is 1. The van der Waals surface area contributed by atoms with E-state index in [4.69, 9.17) is 11.6 Å². The molecule has 0 aliphatic heterocycles. The average Bonchev–Trinajstić information content (AvgIpc) is 3.02. The summed E-state index contributed by atoms with van der Waals surface area (Å²) in [4.78, 5) is 17.5. The van der Waals surface area contributed by atoms with Gasteiger partial charge in [0.05, 0.1) is 25.6 Å². The number of benzene rings is 1. The summed E-state index contributed by atoms with van der Waals surface area (Å²) in [5.41, 5.74) is 1.25. The van der Waals surface area contributed by atoms with Crippen LogP contribution in [0.15, 0.2) is 47.5 Å². The normalized spacial score (nSPS) is 12.3. The molecule has 0 aliphatic rings. The van der Waals surface area contributed by atoms with Crippen molar-refractivity contribution in [3.63, 3.8) is 0 Å². The molecule has 0 atom stereocenters. The molecule has 2 aromatic heterocycles. The molecule has 0 saturated heterocycles. The molecule has 0 saturated carbocycles. The van der Waals surface area contributed by atoms with Gasteiger partial charge in [0.25, 0.3) is 15.9 Å². The first-order valence-electron chi connectivity index (χ1n) is 7.11. The van der Waals surface area contributed by atoms with E-state index in [1.165, 1.54) is 30.3 Å². The standard InChI is InChI=1S/C15H9ClF3N3O3S2/c16-9-2-1-3-10(5-9)27(24,25)22-21-14(23)13-6-11-12(26-13)4-8(7-20-11)15(17,18)19/h1-7,22H,(H,21,23). The lowest BCUT2D eigenvalue weighted by Crippen LogP contribution is -2.41. The molecule has 0 spiro atoms. The fourth-order valence-electron chi connectivity index (χ4n) is 2.05. The second-order valence-electron chi connectivity index (χ2n) is 5.23. The molecule has 12 heteroatoms. The number of alkyl halides is 3. The molecule has 0 fully saturated rings. The van der Waals surface area contributed by atoms with Crippen LogP contribution in [0.2, 0.25) is 5.02 Å². The first-order chi connectivity index (χ1) is 12.6. The predicted octanol–water partition coefficient (Wildman–Crippen LogP) is 3.59. The van der Waals surface area contributed by atoms with Gasteiger partial charge in [-0.05, 0) is 30.3 Å².